The standard InChI is InChI=1S/C21H24N4O2/c1-12-16(8-9-18(23-12)27-4)19-20-17(10-11-22-19)25(21(26)13(2)24-20)14(3)15-6-5-7-15/h8-11,14-15H,5-7H2,1-4H3/t14-/m0/s1. The molecule has 0 aliphatic heterocycles. The van der Waals surface area contributed by atoms with Crippen LogP contribution in [0.15, 0.2) is 29.2 Å². The molecule has 0 unspecified atom stereocenters. The molecule has 1 aliphatic carbocycles. The molecular weight excluding hydrogens is 340 g/mol. The van der Waals surface area contributed by atoms with E-state index in [1.807, 2.05) is 29.7 Å². The first-order valence-electron chi connectivity index (χ1n) is 9.41. The van der Waals surface area contributed by atoms with Gasteiger partial charge in [-0.1, -0.05) is 6.42 Å². The number of hydrogen-bond donors (Lipinski definition) is 0. The van der Waals surface area contributed by atoms with E-state index < -0.39 is 0 Å². The predicted molar refractivity (Wildman–Crippen MR) is 105 cm³/mol. The lowest BCUT2D eigenvalue weighted by molar-refractivity contribution is 0.222. The average molecular weight is 364 g/mol. The molecule has 0 N–H and O–H groups in total. The van der Waals surface area contributed by atoms with Gasteiger partial charge in [-0.05, 0) is 51.7 Å². The minimum Gasteiger partial charge on any atom is -0.481 e. The van der Waals surface area contributed by atoms with Gasteiger partial charge in [-0.2, -0.15) is 0 Å². The number of hydrogen-bond acceptors (Lipinski definition) is 5. The predicted octanol–water partition coefficient (Wildman–Crippen LogP) is 3.84. The van der Waals surface area contributed by atoms with Crippen LogP contribution in [0.2, 0.25) is 0 Å². The molecule has 6 heteroatoms. The van der Waals surface area contributed by atoms with E-state index in [1.54, 1.807) is 20.2 Å². The summed E-state index contributed by atoms with van der Waals surface area (Å²) in [5, 5.41) is 0. The van der Waals surface area contributed by atoms with Crippen LogP contribution in [-0.4, -0.2) is 26.6 Å². The van der Waals surface area contributed by atoms with Crippen LogP contribution >= 0.6 is 0 Å². The summed E-state index contributed by atoms with van der Waals surface area (Å²) in [5.41, 5.74) is 4.54. The zero-order chi connectivity index (χ0) is 19.1. The second-order valence-electron chi connectivity index (χ2n) is 7.32. The van der Waals surface area contributed by atoms with Gasteiger partial charge in [-0.25, -0.2) is 9.97 Å². The van der Waals surface area contributed by atoms with Gasteiger partial charge in [0.1, 0.15) is 11.2 Å². The Labute approximate surface area is 158 Å². The van der Waals surface area contributed by atoms with Gasteiger partial charge >= 0.3 is 0 Å². The van der Waals surface area contributed by atoms with Gasteiger partial charge in [0.05, 0.1) is 24.0 Å². The monoisotopic (exact) mass is 364 g/mol. The second-order valence-corrected chi connectivity index (χ2v) is 7.32. The molecule has 27 heavy (non-hydrogen) atoms. The summed E-state index contributed by atoms with van der Waals surface area (Å²) in [6.07, 6.45) is 5.35. The number of aromatic nitrogens is 4. The number of rotatable bonds is 4. The van der Waals surface area contributed by atoms with Crippen molar-refractivity contribution in [2.75, 3.05) is 7.11 Å². The van der Waals surface area contributed by atoms with Gasteiger partial charge in [-0.15, -0.1) is 0 Å². The molecule has 0 spiro atoms. The van der Waals surface area contributed by atoms with Crippen LogP contribution in [0.5, 0.6) is 5.88 Å². The topological polar surface area (TPSA) is 69.9 Å². The maximum Gasteiger partial charge on any atom is 0.272 e. The third-order valence-corrected chi connectivity index (χ3v) is 5.73. The zero-order valence-corrected chi connectivity index (χ0v) is 16.2. The Bertz CT molecular complexity index is 1070. The largest absolute Gasteiger partial charge is 0.481 e. The molecule has 6 nitrogen and oxygen atoms in total. The van der Waals surface area contributed by atoms with E-state index in [0.717, 1.165) is 28.0 Å². The number of ether oxygens (including phenoxy) is 1. The summed E-state index contributed by atoms with van der Waals surface area (Å²) >= 11 is 0. The van der Waals surface area contributed by atoms with Crippen molar-refractivity contribution >= 4 is 11.0 Å². The van der Waals surface area contributed by atoms with E-state index in [9.17, 15) is 4.79 Å². The van der Waals surface area contributed by atoms with Crippen molar-refractivity contribution in [3.8, 4) is 17.1 Å². The van der Waals surface area contributed by atoms with Gasteiger partial charge < -0.3 is 9.30 Å². The molecule has 1 saturated carbocycles. The van der Waals surface area contributed by atoms with E-state index >= 15 is 0 Å². The normalized spacial score (nSPS) is 15.6. The lowest BCUT2D eigenvalue weighted by atomic mass is 9.80. The van der Waals surface area contributed by atoms with Crippen molar-refractivity contribution in [3.05, 3.63) is 46.1 Å². The summed E-state index contributed by atoms with van der Waals surface area (Å²) in [5.74, 6) is 1.12. The SMILES string of the molecule is COc1ccc(-c2nccc3c2nc(C)c(=O)n3[C@@H](C)C2CCC2)c(C)n1. The number of fused-ring (bicyclic) bond motifs is 1. The molecule has 140 valence electrons. The molecule has 0 amide bonds. The van der Waals surface area contributed by atoms with Crippen LogP contribution in [0, 0.1) is 19.8 Å². The minimum absolute atomic E-state index is 0.0105. The highest BCUT2D eigenvalue weighted by molar-refractivity contribution is 5.90. The van der Waals surface area contributed by atoms with Gasteiger partial charge in [0.25, 0.3) is 5.56 Å². The van der Waals surface area contributed by atoms with E-state index in [1.165, 1.54) is 19.3 Å². The molecule has 0 aromatic carbocycles. The van der Waals surface area contributed by atoms with Crippen LogP contribution in [0.3, 0.4) is 0 Å². The quantitative estimate of drug-likeness (QED) is 0.703. The van der Waals surface area contributed by atoms with Crippen molar-refractivity contribution in [1.82, 2.24) is 19.5 Å². The van der Waals surface area contributed by atoms with Gasteiger partial charge in [0.15, 0.2) is 0 Å². The van der Waals surface area contributed by atoms with Crippen molar-refractivity contribution < 1.29 is 4.74 Å². The zero-order valence-electron chi connectivity index (χ0n) is 16.2. The third kappa shape index (κ3) is 2.89. The maximum atomic E-state index is 12.9. The molecule has 0 saturated heterocycles. The van der Waals surface area contributed by atoms with Gasteiger partial charge in [0.2, 0.25) is 5.88 Å². The molecule has 3 aromatic rings. The van der Waals surface area contributed by atoms with E-state index in [4.69, 9.17) is 4.74 Å². The highest BCUT2D eigenvalue weighted by Crippen LogP contribution is 2.37. The van der Waals surface area contributed by atoms with Crippen molar-refractivity contribution in [3.63, 3.8) is 0 Å². The highest BCUT2D eigenvalue weighted by atomic mass is 16.5. The lowest BCUT2D eigenvalue weighted by Gasteiger charge is -2.33. The average Bonchev–Trinajstić information content (AvgIpc) is 2.61. The maximum absolute atomic E-state index is 12.9. The summed E-state index contributed by atoms with van der Waals surface area (Å²) in [6.45, 7) is 5.85. The minimum atomic E-state index is -0.0105. The molecule has 1 aliphatic rings. The van der Waals surface area contributed by atoms with Crippen LogP contribution in [0.1, 0.15) is 43.6 Å². The van der Waals surface area contributed by atoms with E-state index in [0.29, 0.717) is 17.5 Å². The molecule has 4 rings (SSSR count). The van der Waals surface area contributed by atoms with Gasteiger partial charge in [0, 0.05) is 23.9 Å². The Morgan fingerprint density at radius 2 is 1.93 bits per heavy atom. The molecule has 1 atom stereocenters. The second kappa shape index (κ2) is 6.76. The smallest absolute Gasteiger partial charge is 0.272 e. The molecule has 0 bridgehead atoms. The number of pyridine rings is 2. The summed E-state index contributed by atoms with van der Waals surface area (Å²) < 4.78 is 7.13. The fourth-order valence-corrected chi connectivity index (χ4v) is 3.88. The number of nitrogens with zero attached hydrogens (tertiary/aromatic N) is 4. The summed E-state index contributed by atoms with van der Waals surface area (Å²) in [7, 11) is 1.60. The fraction of sp³-hybridized carbons (Fsp3) is 0.429. The number of methoxy groups -OCH3 is 1. The molecule has 3 aromatic heterocycles. The van der Waals surface area contributed by atoms with Crippen molar-refractivity contribution in [2.24, 2.45) is 5.92 Å². The van der Waals surface area contributed by atoms with Crippen molar-refractivity contribution in [2.45, 2.75) is 46.1 Å². The lowest BCUT2D eigenvalue weighted by Crippen LogP contribution is -2.33. The summed E-state index contributed by atoms with van der Waals surface area (Å²) in [4.78, 5) is 26.6. The number of aryl methyl sites for hydroxylation is 2. The summed E-state index contributed by atoms with van der Waals surface area (Å²) in [6, 6.07) is 5.82. The van der Waals surface area contributed by atoms with E-state index in [2.05, 4.69) is 21.9 Å². The molecule has 0 radical (unpaired) electrons. The van der Waals surface area contributed by atoms with Crippen LogP contribution in [-0.2, 0) is 0 Å². The molecule has 3 heterocycles. The Balaban J connectivity index is 1.96. The first-order chi connectivity index (χ1) is 13.0. The highest BCUT2D eigenvalue weighted by Gasteiger charge is 2.28. The Kier molecular flexibility index (Phi) is 4.42. The Hall–Kier alpha value is -2.76. The first kappa shape index (κ1) is 17.6. The fourth-order valence-electron chi connectivity index (χ4n) is 3.88. The van der Waals surface area contributed by atoms with Crippen LogP contribution in [0.25, 0.3) is 22.3 Å². The molecule has 1 fully saturated rings. The van der Waals surface area contributed by atoms with Gasteiger partial charge in [-0.3, -0.25) is 9.78 Å². The third-order valence-electron chi connectivity index (χ3n) is 5.73. The van der Waals surface area contributed by atoms with Crippen LogP contribution in [0.4, 0.5) is 0 Å². The van der Waals surface area contributed by atoms with E-state index in [-0.39, 0.29) is 11.6 Å². The Morgan fingerprint density at radius 3 is 2.56 bits per heavy atom. The Morgan fingerprint density at radius 1 is 1.15 bits per heavy atom. The first-order valence-corrected chi connectivity index (χ1v) is 9.41. The molecular formula is C21H24N4O2. The van der Waals surface area contributed by atoms with Crippen molar-refractivity contribution in [1.29, 1.82) is 0 Å². The van der Waals surface area contributed by atoms with Crippen LogP contribution < -0.4 is 10.3 Å².